The average molecular weight is 281 g/mol. The normalized spacial score (nSPS) is 17.1. The Labute approximate surface area is 124 Å². The van der Waals surface area contributed by atoms with E-state index in [4.69, 9.17) is 0 Å². The van der Waals surface area contributed by atoms with E-state index in [1.54, 1.807) is 17.3 Å². The Morgan fingerprint density at radius 1 is 1.24 bits per heavy atom. The molecule has 108 valence electrons. The molecule has 21 heavy (non-hydrogen) atoms. The van der Waals surface area contributed by atoms with Gasteiger partial charge < -0.3 is 10.2 Å². The summed E-state index contributed by atoms with van der Waals surface area (Å²) in [5.74, 6) is 0.140. The molecule has 1 aromatic carbocycles. The third kappa shape index (κ3) is 3.11. The molecule has 1 unspecified atom stereocenters. The first-order valence-corrected chi connectivity index (χ1v) is 7.18. The number of aromatic nitrogens is 1. The zero-order chi connectivity index (χ0) is 14.7. The maximum Gasteiger partial charge on any atom is 0.240 e. The topological polar surface area (TPSA) is 45.2 Å². The van der Waals surface area contributed by atoms with Crippen molar-refractivity contribution in [3.8, 4) is 0 Å². The van der Waals surface area contributed by atoms with Gasteiger partial charge in [0, 0.05) is 32.5 Å². The van der Waals surface area contributed by atoms with Crippen LogP contribution in [-0.2, 0) is 24.3 Å². The second-order valence-corrected chi connectivity index (χ2v) is 5.46. The summed E-state index contributed by atoms with van der Waals surface area (Å²) in [7, 11) is 1.85. The van der Waals surface area contributed by atoms with Crippen LogP contribution in [0.15, 0.2) is 48.8 Å². The molecule has 1 aliphatic heterocycles. The molecule has 2 aromatic rings. The van der Waals surface area contributed by atoms with E-state index < -0.39 is 0 Å². The first-order valence-electron chi connectivity index (χ1n) is 7.18. The molecule has 3 rings (SSSR count). The number of nitrogens with zero attached hydrogens (tertiary/aromatic N) is 2. The highest BCUT2D eigenvalue weighted by Crippen LogP contribution is 2.17. The number of carbonyl (C=O) groups excluding carboxylic acids is 1. The van der Waals surface area contributed by atoms with Crippen LogP contribution >= 0.6 is 0 Å². The van der Waals surface area contributed by atoms with E-state index in [0.29, 0.717) is 6.54 Å². The highest BCUT2D eigenvalue weighted by atomic mass is 16.2. The zero-order valence-corrected chi connectivity index (χ0v) is 12.1. The van der Waals surface area contributed by atoms with Crippen LogP contribution in [0, 0.1) is 0 Å². The van der Waals surface area contributed by atoms with Gasteiger partial charge in [-0.05, 0) is 35.2 Å². The molecule has 0 saturated heterocycles. The van der Waals surface area contributed by atoms with Gasteiger partial charge in [-0.15, -0.1) is 0 Å². The van der Waals surface area contributed by atoms with Crippen molar-refractivity contribution in [2.24, 2.45) is 0 Å². The van der Waals surface area contributed by atoms with Crippen LogP contribution in [0.25, 0.3) is 0 Å². The van der Waals surface area contributed by atoms with E-state index in [1.807, 2.05) is 31.3 Å². The minimum Gasteiger partial charge on any atom is -0.340 e. The maximum absolute atomic E-state index is 12.6. The summed E-state index contributed by atoms with van der Waals surface area (Å²) < 4.78 is 0. The van der Waals surface area contributed by atoms with Gasteiger partial charge in [-0.2, -0.15) is 0 Å². The molecule has 1 amide bonds. The number of benzene rings is 1. The minimum absolute atomic E-state index is 0.133. The molecule has 4 heteroatoms. The molecule has 0 fully saturated rings. The fraction of sp³-hybridized carbons (Fsp3) is 0.294. The zero-order valence-electron chi connectivity index (χ0n) is 12.1. The van der Waals surface area contributed by atoms with Gasteiger partial charge in [-0.25, -0.2) is 0 Å². The van der Waals surface area contributed by atoms with Crippen molar-refractivity contribution < 1.29 is 4.79 Å². The van der Waals surface area contributed by atoms with Crippen molar-refractivity contribution in [2.75, 3.05) is 7.05 Å². The molecule has 1 N–H and O–H groups in total. The summed E-state index contributed by atoms with van der Waals surface area (Å²) in [4.78, 5) is 18.3. The van der Waals surface area contributed by atoms with Crippen molar-refractivity contribution in [3.05, 3.63) is 65.5 Å². The highest BCUT2D eigenvalue weighted by molar-refractivity contribution is 5.82. The molecule has 4 nitrogen and oxygen atoms in total. The predicted octanol–water partition coefficient (Wildman–Crippen LogP) is 1.75. The predicted molar refractivity (Wildman–Crippen MR) is 81.5 cm³/mol. The molecular weight excluding hydrogens is 262 g/mol. The Kier molecular flexibility index (Phi) is 3.97. The van der Waals surface area contributed by atoms with Crippen molar-refractivity contribution in [3.63, 3.8) is 0 Å². The second kappa shape index (κ2) is 6.06. The van der Waals surface area contributed by atoms with Gasteiger partial charge in [0.05, 0.1) is 6.04 Å². The molecule has 0 bridgehead atoms. The van der Waals surface area contributed by atoms with Gasteiger partial charge >= 0.3 is 0 Å². The lowest BCUT2D eigenvalue weighted by molar-refractivity contribution is -0.132. The van der Waals surface area contributed by atoms with E-state index in [-0.39, 0.29) is 11.9 Å². The van der Waals surface area contributed by atoms with Crippen LogP contribution in [0.3, 0.4) is 0 Å². The largest absolute Gasteiger partial charge is 0.340 e. The van der Waals surface area contributed by atoms with Crippen molar-refractivity contribution in [1.82, 2.24) is 15.2 Å². The third-order valence-corrected chi connectivity index (χ3v) is 3.92. The van der Waals surface area contributed by atoms with Gasteiger partial charge in [-0.3, -0.25) is 9.78 Å². The van der Waals surface area contributed by atoms with Crippen molar-refractivity contribution >= 4 is 5.91 Å². The SMILES string of the molecule is CN(Cc1ccncc1)C(=O)C1Cc2ccccc2CN1. The first kappa shape index (κ1) is 13.8. The van der Waals surface area contributed by atoms with Crippen LogP contribution in [0.5, 0.6) is 0 Å². The first-order chi connectivity index (χ1) is 10.2. The lowest BCUT2D eigenvalue weighted by Crippen LogP contribution is -2.48. The molecule has 1 aliphatic rings. The number of carbonyl (C=O) groups is 1. The average Bonchev–Trinajstić information content (AvgIpc) is 2.54. The van der Waals surface area contributed by atoms with E-state index in [2.05, 4.69) is 22.4 Å². The number of amides is 1. The maximum atomic E-state index is 12.6. The number of likely N-dealkylation sites (N-methyl/N-ethyl adjacent to an activating group) is 1. The lowest BCUT2D eigenvalue weighted by Gasteiger charge is -2.29. The summed E-state index contributed by atoms with van der Waals surface area (Å²) in [6, 6.07) is 12.0. The fourth-order valence-corrected chi connectivity index (χ4v) is 2.73. The minimum atomic E-state index is -0.133. The van der Waals surface area contributed by atoms with Crippen LogP contribution in [0.2, 0.25) is 0 Å². The van der Waals surface area contributed by atoms with Crippen LogP contribution in [0.4, 0.5) is 0 Å². The monoisotopic (exact) mass is 281 g/mol. The van der Waals surface area contributed by atoms with E-state index in [0.717, 1.165) is 18.5 Å². The van der Waals surface area contributed by atoms with E-state index in [1.165, 1.54) is 11.1 Å². The summed E-state index contributed by atoms with van der Waals surface area (Å²) in [6.07, 6.45) is 4.27. The summed E-state index contributed by atoms with van der Waals surface area (Å²) >= 11 is 0. The molecular formula is C17H19N3O. The van der Waals surface area contributed by atoms with Crippen LogP contribution in [0.1, 0.15) is 16.7 Å². The third-order valence-electron chi connectivity index (χ3n) is 3.92. The van der Waals surface area contributed by atoms with Crippen LogP contribution < -0.4 is 5.32 Å². The molecule has 0 radical (unpaired) electrons. The number of hydrogen-bond donors (Lipinski definition) is 1. The summed E-state index contributed by atoms with van der Waals surface area (Å²) in [5.41, 5.74) is 3.65. The molecule has 0 aliphatic carbocycles. The van der Waals surface area contributed by atoms with Crippen molar-refractivity contribution in [1.29, 1.82) is 0 Å². The lowest BCUT2D eigenvalue weighted by atomic mass is 9.95. The molecule has 2 heterocycles. The number of rotatable bonds is 3. The van der Waals surface area contributed by atoms with Crippen molar-refractivity contribution in [2.45, 2.75) is 25.6 Å². The van der Waals surface area contributed by atoms with Gasteiger partial charge in [0.15, 0.2) is 0 Å². The Morgan fingerprint density at radius 3 is 2.71 bits per heavy atom. The molecule has 1 aromatic heterocycles. The highest BCUT2D eigenvalue weighted by Gasteiger charge is 2.26. The van der Waals surface area contributed by atoms with Gasteiger partial charge in [-0.1, -0.05) is 24.3 Å². The fourth-order valence-electron chi connectivity index (χ4n) is 2.73. The number of pyridine rings is 1. The smallest absolute Gasteiger partial charge is 0.240 e. The molecule has 0 saturated carbocycles. The number of hydrogen-bond acceptors (Lipinski definition) is 3. The Bertz CT molecular complexity index is 627. The van der Waals surface area contributed by atoms with Gasteiger partial charge in [0.25, 0.3) is 0 Å². The summed E-state index contributed by atoms with van der Waals surface area (Å²) in [6.45, 7) is 1.37. The standard InChI is InChI=1S/C17H19N3O/c1-20(12-13-6-8-18-9-7-13)17(21)16-10-14-4-2-3-5-15(14)11-19-16/h2-9,16,19H,10-12H2,1H3. The number of fused-ring (bicyclic) bond motifs is 1. The quantitative estimate of drug-likeness (QED) is 0.932. The van der Waals surface area contributed by atoms with Crippen LogP contribution in [-0.4, -0.2) is 28.9 Å². The Morgan fingerprint density at radius 2 is 1.95 bits per heavy atom. The summed E-state index contributed by atoms with van der Waals surface area (Å²) in [5, 5.41) is 3.34. The van der Waals surface area contributed by atoms with E-state index in [9.17, 15) is 4.79 Å². The Balaban J connectivity index is 1.66. The molecule has 1 atom stereocenters. The van der Waals surface area contributed by atoms with E-state index >= 15 is 0 Å². The second-order valence-electron chi connectivity index (χ2n) is 5.46. The molecule has 0 spiro atoms. The van der Waals surface area contributed by atoms with Gasteiger partial charge in [0.2, 0.25) is 5.91 Å². The Hall–Kier alpha value is -2.20. The van der Waals surface area contributed by atoms with Gasteiger partial charge in [0.1, 0.15) is 0 Å². The number of nitrogens with one attached hydrogen (secondary N) is 1.